The third-order valence-electron chi connectivity index (χ3n) is 1.12. The number of diazo groups is 1. The summed E-state index contributed by atoms with van der Waals surface area (Å²) in [5, 5.41) is 8.27. The van der Waals surface area contributed by atoms with Gasteiger partial charge in [0.25, 0.3) is 0 Å². The Morgan fingerprint density at radius 2 is 2.25 bits per heavy atom. The van der Waals surface area contributed by atoms with Gasteiger partial charge in [-0.05, 0) is 17.1 Å². The van der Waals surface area contributed by atoms with Crippen molar-refractivity contribution in [3.63, 3.8) is 0 Å². The maximum atomic E-state index is 10.6. The zero-order valence-corrected chi connectivity index (χ0v) is 6.56. The molecular formula is C5H4N3O3S+. The Morgan fingerprint density at radius 1 is 1.58 bits per heavy atom. The van der Waals surface area contributed by atoms with Crippen LogP contribution in [-0.4, -0.2) is 18.0 Å². The standard InChI is InChI=1S/C5H3N3O3S/c6-8-5-4(12(9,10)11)2-1-3-7-5/h1-3H/p+1. The lowest BCUT2D eigenvalue weighted by molar-refractivity contribution is 0.483. The monoisotopic (exact) mass is 186 g/mol. The van der Waals surface area contributed by atoms with Crippen LogP contribution in [0.5, 0.6) is 0 Å². The molecule has 62 valence electrons. The van der Waals surface area contributed by atoms with E-state index in [9.17, 15) is 8.42 Å². The second-order valence-corrected chi connectivity index (χ2v) is 3.29. The van der Waals surface area contributed by atoms with E-state index in [4.69, 9.17) is 9.95 Å². The van der Waals surface area contributed by atoms with Gasteiger partial charge in [0.15, 0.2) is 0 Å². The molecule has 0 aliphatic rings. The van der Waals surface area contributed by atoms with E-state index in [1.165, 1.54) is 12.3 Å². The first-order chi connectivity index (χ1) is 5.55. The zero-order chi connectivity index (χ0) is 9.19. The number of rotatable bonds is 1. The van der Waals surface area contributed by atoms with Crippen LogP contribution in [0, 0.1) is 5.39 Å². The van der Waals surface area contributed by atoms with Crippen molar-refractivity contribution in [3.8, 4) is 0 Å². The summed E-state index contributed by atoms with van der Waals surface area (Å²) in [5.74, 6) is -0.431. The molecule has 0 aromatic carbocycles. The number of hydrogen-bond donors (Lipinski definition) is 1. The first kappa shape index (κ1) is 8.58. The largest absolute Gasteiger partial charge is 0.485 e. The quantitative estimate of drug-likeness (QED) is 0.517. The molecule has 1 rings (SSSR count). The van der Waals surface area contributed by atoms with Gasteiger partial charge in [0.05, 0.1) is 5.39 Å². The van der Waals surface area contributed by atoms with Gasteiger partial charge in [-0.15, -0.1) is 0 Å². The maximum absolute atomic E-state index is 10.6. The maximum Gasteiger partial charge on any atom is 0.485 e. The molecule has 1 aromatic heterocycles. The van der Waals surface area contributed by atoms with Crippen molar-refractivity contribution in [1.29, 1.82) is 5.39 Å². The summed E-state index contributed by atoms with van der Waals surface area (Å²) in [6.45, 7) is 0. The third kappa shape index (κ3) is 1.55. The fourth-order valence-electron chi connectivity index (χ4n) is 0.659. The van der Waals surface area contributed by atoms with Gasteiger partial charge in [0, 0.05) is 4.98 Å². The predicted molar refractivity (Wildman–Crippen MR) is 38.8 cm³/mol. The summed E-state index contributed by atoms with van der Waals surface area (Å²) in [6, 6.07) is 2.38. The van der Waals surface area contributed by atoms with E-state index in [2.05, 4.69) is 9.96 Å². The van der Waals surface area contributed by atoms with Crippen molar-refractivity contribution in [2.24, 2.45) is 0 Å². The molecule has 0 bridgehead atoms. The van der Waals surface area contributed by atoms with Crippen molar-refractivity contribution >= 4 is 15.9 Å². The highest BCUT2D eigenvalue weighted by Gasteiger charge is 2.24. The van der Waals surface area contributed by atoms with Crippen LogP contribution in [-0.2, 0) is 10.1 Å². The average molecular weight is 186 g/mol. The Kier molecular flexibility index (Phi) is 2.03. The molecule has 0 saturated heterocycles. The molecule has 0 unspecified atom stereocenters. The molecule has 0 spiro atoms. The van der Waals surface area contributed by atoms with Gasteiger partial charge in [-0.1, -0.05) is 0 Å². The van der Waals surface area contributed by atoms with Crippen molar-refractivity contribution in [3.05, 3.63) is 23.3 Å². The minimum Gasteiger partial charge on any atom is -0.282 e. The molecule has 0 aliphatic carbocycles. The SMILES string of the molecule is N#[N+]c1ncccc1S(=O)(=O)O. The molecule has 6 nitrogen and oxygen atoms in total. The first-order valence-electron chi connectivity index (χ1n) is 2.83. The molecule has 0 saturated carbocycles. The molecule has 0 amide bonds. The molecule has 0 fully saturated rings. The molecule has 1 heterocycles. The van der Waals surface area contributed by atoms with Gasteiger partial charge in [0.1, 0.15) is 6.20 Å². The fourth-order valence-corrected chi connectivity index (χ4v) is 1.23. The van der Waals surface area contributed by atoms with Crippen LogP contribution in [0.3, 0.4) is 0 Å². The minimum absolute atomic E-state index is 0.431. The topological polar surface area (TPSA) is 95.4 Å². The normalized spacial score (nSPS) is 10.7. The van der Waals surface area contributed by atoms with Crippen LogP contribution in [0.1, 0.15) is 0 Å². The molecule has 0 radical (unpaired) electrons. The second-order valence-electron chi connectivity index (χ2n) is 1.90. The smallest absolute Gasteiger partial charge is 0.282 e. The summed E-state index contributed by atoms with van der Waals surface area (Å²) in [7, 11) is -4.36. The highest BCUT2D eigenvalue weighted by atomic mass is 32.2. The van der Waals surface area contributed by atoms with Crippen molar-refractivity contribution < 1.29 is 13.0 Å². The van der Waals surface area contributed by atoms with Crippen molar-refractivity contribution in [1.82, 2.24) is 4.98 Å². The second kappa shape index (κ2) is 2.84. The van der Waals surface area contributed by atoms with Gasteiger partial charge in [-0.25, -0.2) is 0 Å². The minimum atomic E-state index is -4.36. The lowest BCUT2D eigenvalue weighted by Crippen LogP contribution is -1.98. The Bertz CT molecular complexity index is 433. The molecular weight excluding hydrogens is 182 g/mol. The molecule has 7 heteroatoms. The first-order valence-corrected chi connectivity index (χ1v) is 4.27. The number of hydrogen-bond acceptors (Lipinski definition) is 4. The van der Waals surface area contributed by atoms with E-state index < -0.39 is 20.8 Å². The average Bonchev–Trinajstić information content (AvgIpc) is 2.03. The van der Waals surface area contributed by atoms with Crippen molar-refractivity contribution in [2.45, 2.75) is 4.90 Å². The summed E-state index contributed by atoms with van der Waals surface area (Å²) in [4.78, 5) is 5.47. The highest BCUT2D eigenvalue weighted by molar-refractivity contribution is 7.86. The van der Waals surface area contributed by atoms with Gasteiger partial charge in [-0.2, -0.15) is 8.42 Å². The number of pyridine rings is 1. The Labute approximate surface area is 68.2 Å². The van der Waals surface area contributed by atoms with Gasteiger partial charge in [0.2, 0.25) is 4.90 Å². The molecule has 12 heavy (non-hydrogen) atoms. The molecule has 1 aromatic rings. The molecule has 0 aliphatic heterocycles. The van der Waals surface area contributed by atoms with Gasteiger partial charge < -0.3 is 0 Å². The molecule has 1 N–H and O–H groups in total. The summed E-state index contributed by atoms with van der Waals surface area (Å²) < 4.78 is 29.7. The van der Waals surface area contributed by atoms with E-state index >= 15 is 0 Å². The predicted octanol–water partition coefficient (Wildman–Crippen LogP) is 0.813. The lowest BCUT2D eigenvalue weighted by Gasteiger charge is -1.88. The Hall–Kier alpha value is -1.52. The van der Waals surface area contributed by atoms with E-state index in [1.807, 2.05) is 0 Å². The number of aromatic nitrogens is 1. The van der Waals surface area contributed by atoms with E-state index in [0.29, 0.717) is 0 Å². The van der Waals surface area contributed by atoms with E-state index in [-0.39, 0.29) is 0 Å². The van der Waals surface area contributed by atoms with Gasteiger partial charge >= 0.3 is 15.9 Å². The van der Waals surface area contributed by atoms with Crippen LogP contribution < -0.4 is 0 Å². The summed E-state index contributed by atoms with van der Waals surface area (Å²) in [5.41, 5.74) is 0. The van der Waals surface area contributed by atoms with Crippen LogP contribution in [0.4, 0.5) is 5.82 Å². The lowest BCUT2D eigenvalue weighted by atomic mass is 10.5. The molecule has 0 atom stereocenters. The summed E-state index contributed by atoms with van der Waals surface area (Å²) >= 11 is 0. The fraction of sp³-hybridized carbons (Fsp3) is 0. The number of nitrogens with zero attached hydrogens (tertiary/aromatic N) is 3. The van der Waals surface area contributed by atoms with Crippen LogP contribution in [0.25, 0.3) is 4.98 Å². The Balaban J connectivity index is 3.47. The van der Waals surface area contributed by atoms with E-state index in [0.717, 1.165) is 6.07 Å². The van der Waals surface area contributed by atoms with Crippen LogP contribution in [0.2, 0.25) is 0 Å². The Morgan fingerprint density at radius 3 is 2.67 bits per heavy atom. The van der Waals surface area contributed by atoms with Crippen LogP contribution in [0.15, 0.2) is 23.2 Å². The van der Waals surface area contributed by atoms with Gasteiger partial charge in [-0.3, -0.25) is 4.55 Å². The zero-order valence-electron chi connectivity index (χ0n) is 5.75. The van der Waals surface area contributed by atoms with Crippen molar-refractivity contribution in [2.75, 3.05) is 0 Å². The summed E-state index contributed by atoms with van der Waals surface area (Å²) in [6.07, 6.45) is 1.24. The van der Waals surface area contributed by atoms with Crippen LogP contribution >= 0.6 is 0 Å². The van der Waals surface area contributed by atoms with E-state index in [1.54, 1.807) is 0 Å². The third-order valence-corrected chi connectivity index (χ3v) is 2.00. The highest BCUT2D eigenvalue weighted by Crippen LogP contribution is 2.19.